The molecule has 3 aliphatic rings. The van der Waals surface area contributed by atoms with Crippen LogP contribution in [0.5, 0.6) is 0 Å². The zero-order valence-corrected chi connectivity index (χ0v) is 22.0. The van der Waals surface area contributed by atoms with Crippen LogP contribution >= 0.6 is 80.4 Å². The van der Waals surface area contributed by atoms with E-state index < -0.39 is 0 Å². The minimum Gasteiger partial charge on any atom is -0.371 e. The van der Waals surface area contributed by atoms with Gasteiger partial charge in [0, 0.05) is 12.6 Å². The smallest absolute Gasteiger partial charge is 0.0713 e. The third-order valence-electron chi connectivity index (χ3n) is 6.13. The summed E-state index contributed by atoms with van der Waals surface area (Å²) in [7, 11) is 0. The number of rotatable bonds is 5. The summed E-state index contributed by atoms with van der Waals surface area (Å²) in [6.07, 6.45) is 8.87. The minimum atomic E-state index is 0.0316. The lowest BCUT2D eigenvalue weighted by Gasteiger charge is -2.53. The number of alkyl halides is 3. The van der Waals surface area contributed by atoms with Crippen molar-refractivity contribution < 1.29 is 4.74 Å². The molecule has 1 aliphatic carbocycles. The Balaban J connectivity index is 2.44. The standard InChI is InChI=1S/C18H31I3OS/c1-4-15-14-7-6-13(2)18(21,12-20)11-17(22-15,8-5-9-19)10-16(14,3)23/h13-15,23H,4-12H2,1-3H3/t13-,14?,15?,16-,17?,18?/m0/s1. The Hall–Kier alpha value is 2.50. The monoisotopic (exact) mass is 676 g/mol. The van der Waals surface area contributed by atoms with Crippen molar-refractivity contribution in [1.82, 2.24) is 0 Å². The fourth-order valence-electron chi connectivity index (χ4n) is 4.80. The van der Waals surface area contributed by atoms with Gasteiger partial charge in [0.05, 0.1) is 11.7 Å². The van der Waals surface area contributed by atoms with Crippen LogP contribution in [0.3, 0.4) is 0 Å². The summed E-state index contributed by atoms with van der Waals surface area (Å²) in [5, 5.41) is 0. The average Bonchev–Trinajstić information content (AvgIpc) is 2.55. The maximum absolute atomic E-state index is 6.93. The first-order valence-electron chi connectivity index (χ1n) is 8.93. The molecule has 0 N–H and O–H groups in total. The van der Waals surface area contributed by atoms with Crippen molar-refractivity contribution >= 4 is 80.4 Å². The van der Waals surface area contributed by atoms with Gasteiger partial charge < -0.3 is 4.74 Å². The second-order valence-electron chi connectivity index (χ2n) is 8.00. The normalized spacial score (nSPS) is 47.9. The number of ether oxygens (including phenoxy) is 1. The largest absolute Gasteiger partial charge is 0.371 e. The van der Waals surface area contributed by atoms with Crippen molar-refractivity contribution in [3.05, 3.63) is 0 Å². The number of halogens is 3. The molecule has 0 amide bonds. The molecule has 0 aromatic rings. The molecule has 3 fully saturated rings. The molecule has 0 radical (unpaired) electrons. The molecule has 2 bridgehead atoms. The Morgan fingerprint density at radius 1 is 1.22 bits per heavy atom. The van der Waals surface area contributed by atoms with Gasteiger partial charge in [0.2, 0.25) is 0 Å². The quantitative estimate of drug-likeness (QED) is 0.190. The van der Waals surface area contributed by atoms with E-state index in [1.165, 1.54) is 41.0 Å². The lowest BCUT2D eigenvalue weighted by molar-refractivity contribution is -0.172. The Morgan fingerprint density at radius 3 is 2.48 bits per heavy atom. The topological polar surface area (TPSA) is 9.23 Å². The third-order valence-corrected chi connectivity index (χ3v) is 12.0. The summed E-state index contributed by atoms with van der Waals surface area (Å²) in [4.78, 5) is 0. The van der Waals surface area contributed by atoms with E-state index in [9.17, 15) is 0 Å². The van der Waals surface area contributed by atoms with E-state index in [1.54, 1.807) is 0 Å². The van der Waals surface area contributed by atoms with E-state index in [2.05, 4.69) is 88.5 Å². The van der Waals surface area contributed by atoms with Crippen molar-refractivity contribution in [2.75, 3.05) is 8.86 Å². The van der Waals surface area contributed by atoms with Crippen LogP contribution in [0, 0.1) is 11.8 Å². The van der Waals surface area contributed by atoms with Gasteiger partial charge in [-0.25, -0.2) is 0 Å². The van der Waals surface area contributed by atoms with Crippen molar-refractivity contribution in [3.63, 3.8) is 0 Å². The van der Waals surface area contributed by atoms with Gasteiger partial charge in [0.15, 0.2) is 0 Å². The van der Waals surface area contributed by atoms with E-state index in [-0.39, 0.29) is 10.3 Å². The van der Waals surface area contributed by atoms with Crippen molar-refractivity contribution in [2.45, 2.75) is 85.6 Å². The van der Waals surface area contributed by atoms with Crippen LogP contribution in [-0.2, 0) is 4.74 Å². The van der Waals surface area contributed by atoms with Crippen LogP contribution in [0.15, 0.2) is 0 Å². The summed E-state index contributed by atoms with van der Waals surface area (Å²) in [6, 6.07) is 0. The second-order valence-corrected chi connectivity index (χ2v) is 13.0. The Morgan fingerprint density at radius 2 is 1.91 bits per heavy atom. The number of hydrogen-bond acceptors (Lipinski definition) is 2. The van der Waals surface area contributed by atoms with Gasteiger partial charge in [-0.05, 0) is 61.2 Å². The SMILES string of the molecule is CCC1OC2(CCCI)CC(I)(CI)[C@@H](C)CCC1[C@@](C)(S)C2. The van der Waals surface area contributed by atoms with Crippen molar-refractivity contribution in [3.8, 4) is 0 Å². The molecule has 5 heteroatoms. The molecule has 3 rings (SSSR count). The molecule has 0 aromatic heterocycles. The van der Waals surface area contributed by atoms with E-state index in [4.69, 9.17) is 17.4 Å². The van der Waals surface area contributed by atoms with Crippen molar-refractivity contribution in [2.24, 2.45) is 11.8 Å². The lowest BCUT2D eigenvalue weighted by Crippen LogP contribution is -2.56. The molecule has 1 nitrogen and oxygen atoms in total. The van der Waals surface area contributed by atoms with Crippen LogP contribution in [0.1, 0.15) is 65.7 Å². The Kier molecular flexibility index (Phi) is 8.22. The molecular weight excluding hydrogens is 645 g/mol. The molecule has 0 spiro atoms. The molecule has 2 saturated heterocycles. The molecule has 23 heavy (non-hydrogen) atoms. The molecule has 1 saturated carbocycles. The van der Waals surface area contributed by atoms with Gasteiger partial charge in [0.1, 0.15) is 0 Å². The first-order chi connectivity index (χ1) is 10.7. The molecule has 2 heterocycles. The third kappa shape index (κ3) is 4.86. The molecular formula is C18H31I3OS. The summed E-state index contributed by atoms with van der Waals surface area (Å²) in [5.74, 6) is 1.35. The van der Waals surface area contributed by atoms with Gasteiger partial charge in [0.25, 0.3) is 0 Å². The lowest BCUT2D eigenvalue weighted by atomic mass is 9.71. The van der Waals surface area contributed by atoms with Gasteiger partial charge in [-0.1, -0.05) is 88.5 Å². The first-order valence-corrected chi connectivity index (χ1v) is 13.5. The Bertz CT molecular complexity index is 406. The zero-order valence-electron chi connectivity index (χ0n) is 14.6. The predicted octanol–water partition coefficient (Wildman–Crippen LogP) is 6.87. The number of fused-ring (bicyclic) bond motifs is 6. The van der Waals surface area contributed by atoms with Crippen molar-refractivity contribution in [1.29, 1.82) is 0 Å². The average molecular weight is 676 g/mol. The molecule has 0 aromatic carbocycles. The van der Waals surface area contributed by atoms with Gasteiger partial charge >= 0.3 is 0 Å². The van der Waals surface area contributed by atoms with E-state index in [0.29, 0.717) is 15.4 Å². The van der Waals surface area contributed by atoms with Gasteiger partial charge in [-0.2, -0.15) is 12.6 Å². The number of thiol groups is 1. The Labute approximate surface area is 189 Å². The maximum atomic E-state index is 6.93. The molecule has 6 atom stereocenters. The second kappa shape index (κ2) is 8.67. The summed E-state index contributed by atoms with van der Waals surface area (Å²) in [6.45, 7) is 7.16. The summed E-state index contributed by atoms with van der Waals surface area (Å²) < 4.78 is 9.83. The maximum Gasteiger partial charge on any atom is 0.0713 e. The van der Waals surface area contributed by atoms with E-state index >= 15 is 0 Å². The highest BCUT2D eigenvalue weighted by molar-refractivity contribution is 14.1. The van der Waals surface area contributed by atoms with Crippen LogP contribution in [0.25, 0.3) is 0 Å². The van der Waals surface area contributed by atoms with E-state index in [1.807, 2.05) is 0 Å². The van der Waals surface area contributed by atoms with Crippen LogP contribution in [0.2, 0.25) is 0 Å². The highest BCUT2D eigenvalue weighted by Gasteiger charge is 2.55. The minimum absolute atomic E-state index is 0.0316. The van der Waals surface area contributed by atoms with Gasteiger partial charge in [-0.3, -0.25) is 0 Å². The number of hydrogen-bond donors (Lipinski definition) is 1. The van der Waals surface area contributed by atoms with Crippen LogP contribution in [0.4, 0.5) is 0 Å². The summed E-state index contributed by atoms with van der Waals surface area (Å²) >= 11 is 13.1. The molecule has 4 unspecified atom stereocenters. The predicted molar refractivity (Wildman–Crippen MR) is 130 cm³/mol. The zero-order chi connectivity index (χ0) is 17.3. The highest BCUT2D eigenvalue weighted by atomic mass is 127. The van der Waals surface area contributed by atoms with Gasteiger partial charge in [-0.15, -0.1) is 0 Å². The first kappa shape index (κ1) is 21.8. The van der Waals surface area contributed by atoms with Crippen LogP contribution in [-0.4, -0.2) is 28.7 Å². The summed E-state index contributed by atoms with van der Waals surface area (Å²) in [5.41, 5.74) is 0.0316. The molecule has 136 valence electrons. The highest BCUT2D eigenvalue weighted by Crippen LogP contribution is 2.55. The van der Waals surface area contributed by atoms with Crippen LogP contribution < -0.4 is 0 Å². The van der Waals surface area contributed by atoms with E-state index in [0.717, 1.165) is 18.8 Å². The fraction of sp³-hybridized carbons (Fsp3) is 1.00. The fourth-order valence-corrected chi connectivity index (χ4v) is 7.79. The molecule has 2 aliphatic heterocycles.